The highest BCUT2D eigenvalue weighted by molar-refractivity contribution is 5.65. The standard InChI is InChI=1S/C14H13FN2O.C4H8O2/c15-13-6-7-14(16-8-13)10-17(11-18)9-12-4-2-1-3-5-12;1-3-6-4(2)5/h1-8,11H,9-10H2;3H2,1-2H3. The molecule has 5 nitrogen and oxygen atoms in total. The number of hydrogen-bond acceptors (Lipinski definition) is 4. The van der Waals surface area contributed by atoms with Crippen LogP contribution in [0.1, 0.15) is 25.1 Å². The molecule has 0 bridgehead atoms. The molecule has 1 heterocycles. The average Bonchev–Trinajstić information content (AvgIpc) is 2.57. The molecule has 2 aromatic rings. The van der Waals surface area contributed by atoms with Crippen molar-refractivity contribution in [1.29, 1.82) is 0 Å². The third kappa shape index (κ3) is 8.03. The number of halogens is 1. The number of esters is 1. The van der Waals surface area contributed by atoms with E-state index in [0.29, 0.717) is 25.4 Å². The van der Waals surface area contributed by atoms with E-state index < -0.39 is 0 Å². The lowest BCUT2D eigenvalue weighted by atomic mass is 10.2. The van der Waals surface area contributed by atoms with Gasteiger partial charge >= 0.3 is 5.97 Å². The van der Waals surface area contributed by atoms with Crippen LogP contribution in [0.4, 0.5) is 4.39 Å². The molecule has 0 atom stereocenters. The van der Waals surface area contributed by atoms with E-state index in [2.05, 4.69) is 9.72 Å². The Morgan fingerprint density at radius 2 is 1.92 bits per heavy atom. The van der Waals surface area contributed by atoms with E-state index in [1.807, 2.05) is 30.3 Å². The molecule has 0 saturated carbocycles. The second-order valence-corrected chi connectivity index (χ2v) is 4.89. The minimum atomic E-state index is -0.375. The van der Waals surface area contributed by atoms with Gasteiger partial charge in [0, 0.05) is 13.5 Å². The largest absolute Gasteiger partial charge is 0.466 e. The van der Waals surface area contributed by atoms with Crippen molar-refractivity contribution in [3.05, 3.63) is 65.7 Å². The molecule has 0 fully saturated rings. The summed E-state index contributed by atoms with van der Waals surface area (Å²) in [6, 6.07) is 12.6. The molecule has 0 unspecified atom stereocenters. The molecule has 0 saturated heterocycles. The molecule has 0 spiro atoms. The summed E-state index contributed by atoms with van der Waals surface area (Å²) in [5.74, 6) is -0.586. The molecule has 6 heteroatoms. The van der Waals surface area contributed by atoms with Crippen molar-refractivity contribution >= 4 is 12.4 Å². The van der Waals surface area contributed by atoms with Gasteiger partial charge in [-0.2, -0.15) is 0 Å². The minimum Gasteiger partial charge on any atom is -0.466 e. The first kappa shape index (κ1) is 19.3. The number of carbonyl (C=O) groups excluding carboxylic acids is 2. The Morgan fingerprint density at radius 3 is 2.38 bits per heavy atom. The number of pyridine rings is 1. The number of ether oxygens (including phenoxy) is 1. The Labute approximate surface area is 141 Å². The van der Waals surface area contributed by atoms with Crippen LogP contribution in [0.15, 0.2) is 48.7 Å². The van der Waals surface area contributed by atoms with Crippen LogP contribution in [0.3, 0.4) is 0 Å². The van der Waals surface area contributed by atoms with Crippen molar-refractivity contribution < 1.29 is 18.7 Å². The van der Waals surface area contributed by atoms with Crippen LogP contribution in [-0.4, -0.2) is 28.9 Å². The summed E-state index contributed by atoms with van der Waals surface area (Å²) in [7, 11) is 0. The fourth-order valence-electron chi connectivity index (χ4n) is 1.86. The zero-order chi connectivity index (χ0) is 17.8. The maximum Gasteiger partial charge on any atom is 0.302 e. The van der Waals surface area contributed by atoms with Gasteiger partial charge in [-0.3, -0.25) is 14.6 Å². The summed E-state index contributed by atoms with van der Waals surface area (Å²) < 4.78 is 17.1. The van der Waals surface area contributed by atoms with Gasteiger partial charge in [-0.05, 0) is 24.6 Å². The van der Waals surface area contributed by atoms with Crippen LogP contribution in [0.5, 0.6) is 0 Å². The first-order valence-corrected chi connectivity index (χ1v) is 7.52. The first-order chi connectivity index (χ1) is 11.5. The van der Waals surface area contributed by atoms with Crippen molar-refractivity contribution in [3.63, 3.8) is 0 Å². The van der Waals surface area contributed by atoms with E-state index in [-0.39, 0.29) is 11.8 Å². The summed E-state index contributed by atoms with van der Waals surface area (Å²) >= 11 is 0. The van der Waals surface area contributed by atoms with Gasteiger partial charge in [0.15, 0.2) is 0 Å². The molecule has 1 aromatic carbocycles. The topological polar surface area (TPSA) is 59.5 Å². The summed E-state index contributed by atoms with van der Waals surface area (Å²) in [6.45, 7) is 4.54. The van der Waals surface area contributed by atoms with Crippen molar-refractivity contribution in [2.45, 2.75) is 26.9 Å². The zero-order valence-electron chi connectivity index (χ0n) is 13.8. The molecule has 0 radical (unpaired) electrons. The fraction of sp³-hybridized carbons (Fsp3) is 0.278. The third-order valence-electron chi connectivity index (χ3n) is 2.88. The highest BCUT2D eigenvalue weighted by Crippen LogP contribution is 2.07. The van der Waals surface area contributed by atoms with Gasteiger partial charge in [0.2, 0.25) is 6.41 Å². The first-order valence-electron chi connectivity index (χ1n) is 7.52. The third-order valence-corrected chi connectivity index (χ3v) is 2.88. The van der Waals surface area contributed by atoms with E-state index in [1.165, 1.54) is 13.0 Å². The monoisotopic (exact) mass is 332 g/mol. The van der Waals surface area contributed by atoms with Gasteiger partial charge in [0.1, 0.15) is 5.82 Å². The van der Waals surface area contributed by atoms with Crippen LogP contribution in [0, 0.1) is 5.82 Å². The maximum atomic E-state index is 12.7. The molecular formula is C18H21FN2O3. The lowest BCUT2D eigenvalue weighted by molar-refractivity contribution is -0.140. The summed E-state index contributed by atoms with van der Waals surface area (Å²) in [4.78, 5) is 26.4. The van der Waals surface area contributed by atoms with E-state index in [1.54, 1.807) is 17.9 Å². The minimum absolute atomic E-state index is 0.211. The maximum absolute atomic E-state index is 12.7. The van der Waals surface area contributed by atoms with Crippen molar-refractivity contribution in [2.24, 2.45) is 0 Å². The van der Waals surface area contributed by atoms with Crippen LogP contribution in [-0.2, 0) is 27.4 Å². The molecule has 1 amide bonds. The van der Waals surface area contributed by atoms with Gasteiger partial charge < -0.3 is 9.64 Å². The molecule has 1 aromatic heterocycles. The van der Waals surface area contributed by atoms with Crippen molar-refractivity contribution in [3.8, 4) is 0 Å². The van der Waals surface area contributed by atoms with Gasteiger partial charge in [-0.15, -0.1) is 0 Å². The van der Waals surface area contributed by atoms with Crippen molar-refractivity contribution in [2.75, 3.05) is 6.61 Å². The summed E-state index contributed by atoms with van der Waals surface area (Å²) in [5.41, 5.74) is 1.71. The quantitative estimate of drug-likeness (QED) is 0.603. The SMILES string of the molecule is CCOC(C)=O.O=CN(Cc1ccccc1)Cc1ccc(F)cn1. The van der Waals surface area contributed by atoms with Crippen LogP contribution in [0.2, 0.25) is 0 Å². The molecular weight excluding hydrogens is 311 g/mol. The normalized spacial score (nSPS) is 9.46. The highest BCUT2D eigenvalue weighted by atomic mass is 19.1. The Kier molecular flexibility index (Phi) is 8.74. The molecule has 0 aliphatic carbocycles. The molecule has 0 aliphatic rings. The smallest absolute Gasteiger partial charge is 0.302 e. The number of nitrogens with zero attached hydrogens (tertiary/aromatic N) is 2. The number of aromatic nitrogens is 1. The molecule has 128 valence electrons. The van der Waals surface area contributed by atoms with Gasteiger partial charge in [-0.25, -0.2) is 4.39 Å². The summed E-state index contributed by atoms with van der Waals surface area (Å²) in [5, 5.41) is 0. The zero-order valence-corrected chi connectivity index (χ0v) is 13.8. The second-order valence-electron chi connectivity index (χ2n) is 4.89. The predicted octanol–water partition coefficient (Wildman–Crippen LogP) is 2.95. The van der Waals surface area contributed by atoms with Crippen LogP contribution >= 0.6 is 0 Å². The van der Waals surface area contributed by atoms with E-state index in [9.17, 15) is 14.0 Å². The number of rotatable bonds is 6. The second kappa shape index (κ2) is 10.9. The van der Waals surface area contributed by atoms with Crippen LogP contribution < -0.4 is 0 Å². The lowest BCUT2D eigenvalue weighted by Gasteiger charge is -2.16. The number of hydrogen-bond donors (Lipinski definition) is 0. The Bertz CT molecular complexity index is 618. The Hall–Kier alpha value is -2.76. The van der Waals surface area contributed by atoms with Crippen molar-refractivity contribution in [1.82, 2.24) is 9.88 Å². The Balaban J connectivity index is 0.000000413. The average molecular weight is 332 g/mol. The van der Waals surface area contributed by atoms with Crippen LogP contribution in [0.25, 0.3) is 0 Å². The number of benzene rings is 1. The highest BCUT2D eigenvalue weighted by Gasteiger charge is 2.05. The predicted molar refractivity (Wildman–Crippen MR) is 88.3 cm³/mol. The number of amides is 1. The summed E-state index contributed by atoms with van der Waals surface area (Å²) in [6.07, 6.45) is 1.93. The van der Waals surface area contributed by atoms with E-state index >= 15 is 0 Å². The van der Waals surface area contributed by atoms with Gasteiger partial charge in [0.05, 0.1) is 25.0 Å². The van der Waals surface area contributed by atoms with E-state index in [0.717, 1.165) is 18.2 Å². The van der Waals surface area contributed by atoms with Gasteiger partial charge in [0.25, 0.3) is 0 Å². The molecule has 24 heavy (non-hydrogen) atoms. The van der Waals surface area contributed by atoms with E-state index in [4.69, 9.17) is 0 Å². The molecule has 0 aliphatic heterocycles. The molecule has 0 N–H and O–H groups in total. The van der Waals surface area contributed by atoms with Gasteiger partial charge in [-0.1, -0.05) is 30.3 Å². The lowest BCUT2D eigenvalue weighted by Crippen LogP contribution is -2.21. The molecule has 2 rings (SSSR count). The fourth-order valence-corrected chi connectivity index (χ4v) is 1.86. The Morgan fingerprint density at radius 1 is 1.21 bits per heavy atom. The number of carbonyl (C=O) groups is 2.